The molecule has 0 bridgehead atoms. The van der Waals surface area contributed by atoms with Crippen LogP contribution in [0.1, 0.15) is 0 Å². The van der Waals surface area contributed by atoms with Crippen LogP contribution in [0.5, 0.6) is 0 Å². The molecule has 0 aliphatic rings. The molecule has 0 atom stereocenters. The maximum atomic E-state index is 4.78. The summed E-state index contributed by atoms with van der Waals surface area (Å²) in [6.45, 7) is 0. The quantitative estimate of drug-likeness (QED) is 0.256. The van der Waals surface area contributed by atoms with E-state index in [4.69, 9.17) is 4.98 Å². The predicted molar refractivity (Wildman–Crippen MR) is 143 cm³/mol. The Hall–Kier alpha value is -4.56. The van der Waals surface area contributed by atoms with Crippen molar-refractivity contribution in [3.63, 3.8) is 0 Å². The molecule has 0 radical (unpaired) electrons. The summed E-state index contributed by atoms with van der Waals surface area (Å²) in [6.07, 6.45) is 5.57. The Bertz CT molecular complexity index is 1840. The van der Waals surface area contributed by atoms with E-state index in [0.717, 1.165) is 5.52 Å². The van der Waals surface area contributed by atoms with Gasteiger partial charge in [0.15, 0.2) is 0 Å². The Morgan fingerprint density at radius 3 is 1.82 bits per heavy atom. The minimum absolute atomic E-state index is 1.06. The van der Waals surface area contributed by atoms with Gasteiger partial charge in [-0.1, -0.05) is 78.9 Å². The summed E-state index contributed by atoms with van der Waals surface area (Å²) in [5.41, 5.74) is 5.89. The Morgan fingerprint density at radius 2 is 1.03 bits per heavy atom. The van der Waals surface area contributed by atoms with Crippen LogP contribution >= 0.6 is 0 Å². The molecular formula is C32H20N2. The first-order chi connectivity index (χ1) is 16.9. The largest absolute Gasteiger partial charge is 0.265 e. The number of hydrogen-bond acceptors (Lipinski definition) is 2. The third kappa shape index (κ3) is 2.82. The molecule has 0 fully saturated rings. The zero-order valence-electron chi connectivity index (χ0n) is 18.4. The summed E-state index contributed by atoms with van der Waals surface area (Å²) in [5, 5.41) is 8.69. The molecule has 0 saturated heterocycles. The molecular weight excluding hydrogens is 412 g/mol. The molecule has 2 heteroatoms. The Labute approximate surface area is 197 Å². The van der Waals surface area contributed by atoms with Crippen molar-refractivity contribution in [2.24, 2.45) is 0 Å². The van der Waals surface area contributed by atoms with Gasteiger partial charge in [-0.3, -0.25) is 9.97 Å². The molecule has 2 aromatic heterocycles. The highest BCUT2D eigenvalue weighted by molar-refractivity contribution is 6.32. The van der Waals surface area contributed by atoms with Crippen molar-refractivity contribution in [3.8, 4) is 22.3 Å². The summed E-state index contributed by atoms with van der Waals surface area (Å²) in [6, 6.07) is 36.9. The van der Waals surface area contributed by atoms with Crippen LogP contribution in [-0.2, 0) is 0 Å². The van der Waals surface area contributed by atoms with Crippen molar-refractivity contribution in [2.45, 2.75) is 0 Å². The summed E-state index contributed by atoms with van der Waals surface area (Å²) in [7, 11) is 0. The van der Waals surface area contributed by atoms with Gasteiger partial charge >= 0.3 is 0 Å². The van der Waals surface area contributed by atoms with Crippen LogP contribution in [0.15, 0.2) is 122 Å². The molecule has 7 aromatic rings. The molecule has 0 saturated carbocycles. The van der Waals surface area contributed by atoms with Crippen LogP contribution in [-0.4, -0.2) is 9.97 Å². The number of nitrogens with zero attached hydrogens (tertiary/aromatic N) is 2. The zero-order valence-corrected chi connectivity index (χ0v) is 18.4. The van der Waals surface area contributed by atoms with Crippen molar-refractivity contribution < 1.29 is 0 Å². The van der Waals surface area contributed by atoms with Crippen LogP contribution in [0.2, 0.25) is 0 Å². The van der Waals surface area contributed by atoms with Gasteiger partial charge in [0.25, 0.3) is 0 Å². The molecule has 0 N–H and O–H groups in total. The van der Waals surface area contributed by atoms with Gasteiger partial charge < -0.3 is 0 Å². The first-order valence-corrected chi connectivity index (χ1v) is 11.5. The first-order valence-electron chi connectivity index (χ1n) is 11.5. The first kappa shape index (κ1) is 19.0. The van der Waals surface area contributed by atoms with E-state index in [2.05, 4.69) is 89.9 Å². The average molecular weight is 433 g/mol. The van der Waals surface area contributed by atoms with Gasteiger partial charge in [-0.2, -0.15) is 0 Å². The highest BCUT2D eigenvalue weighted by atomic mass is 14.6. The van der Waals surface area contributed by atoms with Crippen molar-refractivity contribution in [3.05, 3.63) is 122 Å². The van der Waals surface area contributed by atoms with Crippen LogP contribution in [0.4, 0.5) is 0 Å². The van der Waals surface area contributed by atoms with Crippen molar-refractivity contribution in [1.82, 2.24) is 9.97 Å². The molecule has 0 aliphatic heterocycles. The number of benzene rings is 5. The lowest BCUT2D eigenvalue weighted by atomic mass is 9.88. The van der Waals surface area contributed by atoms with E-state index in [1.807, 2.05) is 36.8 Å². The molecule has 7 rings (SSSR count). The normalized spacial score (nSPS) is 11.5. The standard InChI is InChI=1S/C32H20N2/c1-3-8-26-24(6-1)29(23-13-11-21(12-14-23)22-15-18-33-19-16-22)20-30-25-7-2-4-9-27(25)32-28(31(26)30)10-5-17-34-32/h1-20H. The molecule has 34 heavy (non-hydrogen) atoms. The van der Waals surface area contributed by atoms with E-state index >= 15 is 0 Å². The Balaban J connectivity index is 1.58. The fourth-order valence-corrected chi connectivity index (χ4v) is 5.25. The molecule has 2 nitrogen and oxygen atoms in total. The summed E-state index contributed by atoms with van der Waals surface area (Å²) in [4.78, 5) is 8.92. The average Bonchev–Trinajstić information content (AvgIpc) is 2.93. The van der Waals surface area contributed by atoms with E-state index in [1.165, 1.54) is 60.0 Å². The summed E-state index contributed by atoms with van der Waals surface area (Å²) >= 11 is 0. The van der Waals surface area contributed by atoms with Crippen LogP contribution in [0.3, 0.4) is 0 Å². The molecule has 0 amide bonds. The smallest absolute Gasteiger partial charge is 0.0786 e. The SMILES string of the molecule is c1ccc2c(c1)c(-c1ccc(-c3ccncc3)cc1)cc1c3ccccc3c3ncccc3c21. The molecule has 158 valence electrons. The zero-order chi connectivity index (χ0) is 22.5. The van der Waals surface area contributed by atoms with Gasteiger partial charge in [-0.05, 0) is 73.5 Å². The molecule has 0 aliphatic carbocycles. The predicted octanol–water partition coefficient (Wildman–Crippen LogP) is 8.42. The Kier molecular flexibility index (Phi) is 4.18. The minimum Gasteiger partial charge on any atom is -0.265 e. The minimum atomic E-state index is 1.06. The second-order valence-electron chi connectivity index (χ2n) is 8.65. The van der Waals surface area contributed by atoms with Crippen molar-refractivity contribution in [1.29, 1.82) is 0 Å². The highest BCUT2D eigenvalue weighted by Gasteiger charge is 2.15. The number of rotatable bonds is 2. The summed E-state index contributed by atoms with van der Waals surface area (Å²) in [5.74, 6) is 0. The number of pyridine rings is 2. The van der Waals surface area contributed by atoms with E-state index in [1.54, 1.807) is 0 Å². The maximum absolute atomic E-state index is 4.78. The van der Waals surface area contributed by atoms with Gasteiger partial charge in [-0.25, -0.2) is 0 Å². The second kappa shape index (κ2) is 7.50. The molecule has 5 aromatic carbocycles. The lowest BCUT2D eigenvalue weighted by Crippen LogP contribution is -1.90. The third-order valence-corrected chi connectivity index (χ3v) is 6.80. The number of hydrogen-bond donors (Lipinski definition) is 0. The van der Waals surface area contributed by atoms with Crippen LogP contribution in [0, 0.1) is 0 Å². The van der Waals surface area contributed by atoms with E-state index in [-0.39, 0.29) is 0 Å². The van der Waals surface area contributed by atoms with Gasteiger partial charge in [-0.15, -0.1) is 0 Å². The number of aromatic nitrogens is 2. The molecule has 2 heterocycles. The third-order valence-electron chi connectivity index (χ3n) is 6.80. The Morgan fingerprint density at radius 1 is 0.412 bits per heavy atom. The monoisotopic (exact) mass is 432 g/mol. The number of fused-ring (bicyclic) bond motifs is 8. The fourth-order valence-electron chi connectivity index (χ4n) is 5.25. The van der Waals surface area contributed by atoms with E-state index in [0.29, 0.717) is 0 Å². The van der Waals surface area contributed by atoms with Gasteiger partial charge in [0, 0.05) is 29.4 Å². The lowest BCUT2D eigenvalue weighted by Gasteiger charge is -2.16. The van der Waals surface area contributed by atoms with Gasteiger partial charge in [0.05, 0.1) is 5.52 Å². The summed E-state index contributed by atoms with van der Waals surface area (Å²) < 4.78 is 0. The maximum Gasteiger partial charge on any atom is 0.0786 e. The second-order valence-corrected chi connectivity index (χ2v) is 8.65. The molecule has 0 spiro atoms. The van der Waals surface area contributed by atoms with Crippen molar-refractivity contribution >= 4 is 43.2 Å². The van der Waals surface area contributed by atoms with Gasteiger partial charge in [0.2, 0.25) is 0 Å². The lowest BCUT2D eigenvalue weighted by molar-refractivity contribution is 1.33. The van der Waals surface area contributed by atoms with E-state index < -0.39 is 0 Å². The van der Waals surface area contributed by atoms with E-state index in [9.17, 15) is 0 Å². The highest BCUT2D eigenvalue weighted by Crippen LogP contribution is 2.42. The molecule has 0 unspecified atom stereocenters. The fraction of sp³-hybridized carbons (Fsp3) is 0. The topological polar surface area (TPSA) is 25.8 Å². The van der Waals surface area contributed by atoms with Crippen molar-refractivity contribution in [2.75, 3.05) is 0 Å². The van der Waals surface area contributed by atoms with Crippen LogP contribution in [0.25, 0.3) is 65.5 Å². The van der Waals surface area contributed by atoms with Gasteiger partial charge in [0.1, 0.15) is 0 Å². The van der Waals surface area contributed by atoms with Crippen LogP contribution < -0.4 is 0 Å².